The van der Waals surface area contributed by atoms with Gasteiger partial charge < -0.3 is 4.74 Å². The van der Waals surface area contributed by atoms with Gasteiger partial charge in [-0.15, -0.1) is 0 Å². The van der Waals surface area contributed by atoms with Crippen molar-refractivity contribution in [2.75, 3.05) is 13.2 Å². The predicted octanol–water partition coefficient (Wildman–Crippen LogP) is 4.37. The van der Waals surface area contributed by atoms with Gasteiger partial charge in [-0.05, 0) is 50.1 Å². The molecule has 23 heavy (non-hydrogen) atoms. The molecular weight excluding hydrogens is 284 g/mol. The van der Waals surface area contributed by atoms with Crippen molar-refractivity contribution in [3.63, 3.8) is 0 Å². The van der Waals surface area contributed by atoms with Crippen LogP contribution in [0.15, 0.2) is 60.8 Å². The maximum Gasteiger partial charge on any atom is 0.124 e. The lowest BCUT2D eigenvalue weighted by atomic mass is 10.1. The summed E-state index contributed by atoms with van der Waals surface area (Å²) in [6, 6.07) is 14.9. The summed E-state index contributed by atoms with van der Waals surface area (Å²) in [7, 11) is 0. The number of hydrogen-bond acceptors (Lipinski definition) is 3. The molecule has 1 aliphatic heterocycles. The van der Waals surface area contributed by atoms with Crippen LogP contribution >= 0.6 is 0 Å². The third-order valence-corrected chi connectivity index (χ3v) is 4.21. The molecule has 0 aliphatic carbocycles. The maximum atomic E-state index is 5.91. The number of pyridine rings is 1. The van der Waals surface area contributed by atoms with Crippen LogP contribution in [-0.4, -0.2) is 23.0 Å². The first-order valence-corrected chi connectivity index (χ1v) is 8.24. The lowest BCUT2D eigenvalue weighted by Gasteiger charge is -2.25. The second-order valence-corrected chi connectivity index (χ2v) is 6.24. The molecule has 3 nitrogen and oxygen atoms in total. The van der Waals surface area contributed by atoms with E-state index in [1.807, 2.05) is 31.3 Å². The monoisotopic (exact) mass is 308 g/mol. The van der Waals surface area contributed by atoms with Crippen molar-refractivity contribution >= 4 is 0 Å². The van der Waals surface area contributed by atoms with Gasteiger partial charge in [0.1, 0.15) is 12.4 Å². The fourth-order valence-electron chi connectivity index (χ4n) is 3.12. The molecule has 2 heterocycles. The van der Waals surface area contributed by atoms with E-state index < -0.39 is 0 Å². The van der Waals surface area contributed by atoms with E-state index in [2.05, 4.69) is 40.7 Å². The molecule has 0 amide bonds. The Balaban J connectivity index is 1.75. The molecule has 1 aliphatic rings. The first-order valence-electron chi connectivity index (χ1n) is 8.24. The summed E-state index contributed by atoms with van der Waals surface area (Å²) < 4.78 is 5.91. The molecule has 2 aromatic rings. The van der Waals surface area contributed by atoms with E-state index in [1.54, 1.807) is 0 Å². The molecule has 120 valence electrons. The number of benzene rings is 1. The van der Waals surface area contributed by atoms with E-state index in [4.69, 9.17) is 4.74 Å². The molecule has 1 aromatic heterocycles. The van der Waals surface area contributed by atoms with Crippen LogP contribution in [0.3, 0.4) is 0 Å². The van der Waals surface area contributed by atoms with Gasteiger partial charge in [-0.2, -0.15) is 0 Å². The molecule has 3 heteroatoms. The van der Waals surface area contributed by atoms with Gasteiger partial charge in [0.2, 0.25) is 0 Å². The number of likely N-dealkylation sites (tertiary alicyclic amines) is 1. The Morgan fingerprint density at radius 2 is 2.09 bits per heavy atom. The van der Waals surface area contributed by atoms with Crippen LogP contribution in [-0.2, 0) is 6.54 Å². The first kappa shape index (κ1) is 15.8. The maximum absolute atomic E-state index is 5.91. The molecule has 0 bridgehead atoms. The second-order valence-electron chi connectivity index (χ2n) is 6.24. The zero-order valence-corrected chi connectivity index (χ0v) is 13.7. The van der Waals surface area contributed by atoms with Gasteiger partial charge in [-0.25, -0.2) is 0 Å². The normalized spacial score (nSPS) is 18.0. The van der Waals surface area contributed by atoms with Crippen molar-refractivity contribution in [2.45, 2.75) is 32.4 Å². The SMILES string of the molecule is C=C(C)COc1ccccc1CN1CCCC1c1ccccn1. The molecule has 0 spiro atoms. The van der Waals surface area contributed by atoms with Crippen LogP contribution in [0.1, 0.15) is 37.1 Å². The van der Waals surface area contributed by atoms with Gasteiger partial charge in [0, 0.05) is 18.3 Å². The molecule has 3 rings (SSSR count). The van der Waals surface area contributed by atoms with Gasteiger partial charge in [0.05, 0.1) is 11.7 Å². The third-order valence-electron chi connectivity index (χ3n) is 4.21. The fourth-order valence-corrected chi connectivity index (χ4v) is 3.12. The Bertz CT molecular complexity index is 654. The lowest BCUT2D eigenvalue weighted by molar-refractivity contribution is 0.239. The zero-order valence-electron chi connectivity index (χ0n) is 13.7. The van der Waals surface area contributed by atoms with E-state index in [0.717, 1.165) is 24.4 Å². The highest BCUT2D eigenvalue weighted by Crippen LogP contribution is 2.33. The van der Waals surface area contributed by atoms with Crippen LogP contribution in [0.2, 0.25) is 0 Å². The average molecular weight is 308 g/mol. The minimum atomic E-state index is 0.408. The number of aromatic nitrogens is 1. The van der Waals surface area contributed by atoms with Crippen LogP contribution in [0.5, 0.6) is 5.75 Å². The molecule has 1 saturated heterocycles. The number of nitrogens with zero attached hydrogens (tertiary/aromatic N) is 2. The Hall–Kier alpha value is -2.13. The topological polar surface area (TPSA) is 25.4 Å². The van der Waals surface area contributed by atoms with Crippen molar-refractivity contribution in [1.82, 2.24) is 9.88 Å². The van der Waals surface area contributed by atoms with Crippen LogP contribution < -0.4 is 4.74 Å². The second kappa shape index (κ2) is 7.42. The van der Waals surface area contributed by atoms with Crippen molar-refractivity contribution in [2.24, 2.45) is 0 Å². The van der Waals surface area contributed by atoms with E-state index in [9.17, 15) is 0 Å². The molecule has 0 N–H and O–H groups in total. The molecule has 1 aromatic carbocycles. The number of hydrogen-bond donors (Lipinski definition) is 0. The van der Waals surface area contributed by atoms with E-state index >= 15 is 0 Å². The quantitative estimate of drug-likeness (QED) is 0.741. The van der Waals surface area contributed by atoms with Gasteiger partial charge in [-0.1, -0.05) is 30.8 Å². The fraction of sp³-hybridized carbons (Fsp3) is 0.350. The Morgan fingerprint density at radius 1 is 1.26 bits per heavy atom. The van der Waals surface area contributed by atoms with Crippen LogP contribution in [0.4, 0.5) is 0 Å². The third kappa shape index (κ3) is 3.99. The van der Waals surface area contributed by atoms with Crippen LogP contribution in [0, 0.1) is 0 Å². The van der Waals surface area contributed by atoms with Crippen LogP contribution in [0.25, 0.3) is 0 Å². The smallest absolute Gasteiger partial charge is 0.124 e. The number of ether oxygens (including phenoxy) is 1. The highest BCUT2D eigenvalue weighted by molar-refractivity contribution is 5.34. The lowest BCUT2D eigenvalue weighted by Crippen LogP contribution is -2.23. The van der Waals surface area contributed by atoms with E-state index in [1.165, 1.54) is 24.1 Å². The molecule has 1 atom stereocenters. The Kier molecular flexibility index (Phi) is 5.09. The summed E-state index contributed by atoms with van der Waals surface area (Å²) in [6.45, 7) is 8.47. The van der Waals surface area contributed by atoms with Crippen molar-refractivity contribution in [3.05, 3.63) is 72.1 Å². The van der Waals surface area contributed by atoms with Gasteiger partial charge in [0.25, 0.3) is 0 Å². The highest BCUT2D eigenvalue weighted by Gasteiger charge is 2.27. The largest absolute Gasteiger partial charge is 0.489 e. The number of rotatable bonds is 6. The first-order chi connectivity index (χ1) is 11.2. The average Bonchev–Trinajstić information content (AvgIpc) is 3.03. The molecule has 0 radical (unpaired) electrons. The van der Waals surface area contributed by atoms with Crippen molar-refractivity contribution < 1.29 is 4.74 Å². The summed E-state index contributed by atoms with van der Waals surface area (Å²) in [4.78, 5) is 7.06. The Morgan fingerprint density at radius 3 is 2.87 bits per heavy atom. The number of para-hydroxylation sites is 1. The predicted molar refractivity (Wildman–Crippen MR) is 93.4 cm³/mol. The van der Waals surface area contributed by atoms with Gasteiger partial charge in [0.15, 0.2) is 0 Å². The van der Waals surface area contributed by atoms with E-state index in [-0.39, 0.29) is 0 Å². The Labute approximate surface area is 138 Å². The van der Waals surface area contributed by atoms with Crippen molar-refractivity contribution in [3.8, 4) is 5.75 Å². The standard InChI is InChI=1S/C20H24N2O/c1-16(2)15-23-20-11-4-3-8-17(20)14-22-13-7-10-19(22)18-9-5-6-12-21-18/h3-6,8-9,11-12,19H,1,7,10,13-15H2,2H3. The van der Waals surface area contributed by atoms with E-state index in [0.29, 0.717) is 12.6 Å². The van der Waals surface area contributed by atoms with Gasteiger partial charge in [-0.3, -0.25) is 9.88 Å². The van der Waals surface area contributed by atoms with Crippen molar-refractivity contribution in [1.29, 1.82) is 0 Å². The van der Waals surface area contributed by atoms with Gasteiger partial charge >= 0.3 is 0 Å². The highest BCUT2D eigenvalue weighted by atomic mass is 16.5. The molecular formula is C20H24N2O. The zero-order chi connectivity index (χ0) is 16.1. The summed E-state index contributed by atoms with van der Waals surface area (Å²) in [5.74, 6) is 0.960. The summed E-state index contributed by atoms with van der Waals surface area (Å²) >= 11 is 0. The minimum absolute atomic E-state index is 0.408. The molecule has 0 saturated carbocycles. The summed E-state index contributed by atoms with van der Waals surface area (Å²) in [6.07, 6.45) is 4.28. The minimum Gasteiger partial charge on any atom is -0.489 e. The summed E-state index contributed by atoms with van der Waals surface area (Å²) in [5.41, 5.74) is 3.44. The molecule has 1 unspecified atom stereocenters. The summed E-state index contributed by atoms with van der Waals surface area (Å²) in [5, 5.41) is 0. The molecule has 1 fully saturated rings.